The van der Waals surface area contributed by atoms with E-state index in [1.165, 1.54) is 0 Å². The van der Waals surface area contributed by atoms with Gasteiger partial charge < -0.3 is 31.0 Å². The number of hydrogen-bond acceptors (Lipinski definition) is 6. The summed E-state index contributed by atoms with van der Waals surface area (Å²) < 4.78 is 13.3. The molecule has 1 aromatic rings. The van der Waals surface area contributed by atoms with Crippen molar-refractivity contribution in [3.8, 4) is 0 Å². The summed E-state index contributed by atoms with van der Waals surface area (Å²) in [7, 11) is 1.05. The normalized spacial score (nSPS) is 26.8. The predicted molar refractivity (Wildman–Crippen MR) is 173 cm³/mol. The van der Waals surface area contributed by atoms with Gasteiger partial charge in [0.05, 0.1) is 17.6 Å². The first-order chi connectivity index (χ1) is 20.8. The molecule has 3 aliphatic carbocycles. The summed E-state index contributed by atoms with van der Waals surface area (Å²) in [5, 5.41) is 9.14. The van der Waals surface area contributed by atoms with Crippen molar-refractivity contribution in [2.45, 2.75) is 110 Å². The van der Waals surface area contributed by atoms with E-state index in [0.717, 1.165) is 12.8 Å². The molecule has 4 aliphatic rings. The van der Waals surface area contributed by atoms with Gasteiger partial charge in [-0.25, -0.2) is 0 Å². The molecule has 0 unspecified atom stereocenters. The number of ketones is 1. The van der Waals surface area contributed by atoms with Crippen molar-refractivity contribution < 1.29 is 23.7 Å². The lowest BCUT2D eigenvalue weighted by atomic mass is 9.43. The van der Waals surface area contributed by atoms with Gasteiger partial charge in [-0.05, 0) is 68.6 Å². The number of carbonyl (C=O) groups excluding carboxylic acids is 3. The Balaban J connectivity index is 1.38. The molecular weight excluding hydrogens is 557 g/mol. The Labute approximate surface area is 263 Å². The standard InChI is InChI=1S/C33H52BN5O5/c1-21(2)18-28(34-43-27-20-23-19-26(32(23,3)4)33(27,5)44-34)39-30(42)24(14-11-17-37-31(35)36-6)38-29(41)16-10-15-25(40)22-12-8-7-9-13-22/h7-9,12-13,21,23-24,26-28H,10-11,14-20H2,1-6H3,(H,38,41)(H,39,42)(H3,35,36,37)/t23-,24-,26-,27+,28-,33-/m0/s1. The molecule has 1 aromatic carbocycles. The first-order valence-electron chi connectivity index (χ1n) is 16.3. The van der Waals surface area contributed by atoms with Crippen LogP contribution in [0.1, 0.15) is 96.3 Å². The van der Waals surface area contributed by atoms with E-state index in [1.807, 2.05) is 18.2 Å². The minimum atomic E-state index is -0.755. The summed E-state index contributed by atoms with van der Waals surface area (Å²) in [6.45, 7) is 11.6. The number of nitrogens with zero attached hydrogens (tertiary/aromatic N) is 1. The van der Waals surface area contributed by atoms with Gasteiger partial charge in [0, 0.05) is 32.0 Å². The summed E-state index contributed by atoms with van der Waals surface area (Å²) in [5.74, 6) is 0.790. The van der Waals surface area contributed by atoms with Crippen LogP contribution in [0.3, 0.4) is 0 Å². The minimum absolute atomic E-state index is 0.00259. The van der Waals surface area contributed by atoms with E-state index >= 15 is 0 Å². The van der Waals surface area contributed by atoms with Gasteiger partial charge in [-0.15, -0.1) is 0 Å². The van der Waals surface area contributed by atoms with Gasteiger partial charge >= 0.3 is 7.12 Å². The number of benzene rings is 1. The molecule has 44 heavy (non-hydrogen) atoms. The second kappa shape index (κ2) is 14.5. The Kier molecular flexibility index (Phi) is 11.2. The maximum Gasteiger partial charge on any atom is 0.481 e. The zero-order chi connectivity index (χ0) is 32.1. The third-order valence-electron chi connectivity index (χ3n) is 10.1. The monoisotopic (exact) mass is 609 g/mol. The molecule has 5 N–H and O–H groups in total. The molecule has 1 aliphatic heterocycles. The SMILES string of the molecule is CN=C(N)NCCC[C@H](NC(=O)CCCC(=O)c1ccccc1)C(=O)N[C@@H](CC(C)C)B1O[C@@H]2C[C@@H]3C[C@@H](C3(C)C)[C@]2(C)O1. The van der Waals surface area contributed by atoms with E-state index in [4.69, 9.17) is 15.0 Å². The number of aliphatic imine (C=N–C) groups is 1. The predicted octanol–water partition coefficient (Wildman–Crippen LogP) is 3.64. The van der Waals surface area contributed by atoms with Crippen molar-refractivity contribution in [3.05, 3.63) is 35.9 Å². The molecule has 3 saturated carbocycles. The quantitative estimate of drug-likeness (QED) is 0.0782. The Hall–Kier alpha value is -2.92. The largest absolute Gasteiger partial charge is 0.481 e. The van der Waals surface area contributed by atoms with Gasteiger partial charge in [0.25, 0.3) is 0 Å². The molecule has 0 radical (unpaired) electrons. The Morgan fingerprint density at radius 3 is 2.45 bits per heavy atom. The second-order valence-corrected chi connectivity index (χ2v) is 14.0. The molecule has 5 rings (SSSR count). The Morgan fingerprint density at radius 1 is 1.07 bits per heavy atom. The van der Waals surface area contributed by atoms with E-state index in [-0.39, 0.29) is 53.5 Å². The summed E-state index contributed by atoms with van der Waals surface area (Å²) in [4.78, 5) is 43.2. The van der Waals surface area contributed by atoms with Gasteiger partial charge in [-0.2, -0.15) is 0 Å². The van der Waals surface area contributed by atoms with Crippen molar-refractivity contribution in [1.82, 2.24) is 16.0 Å². The number of guanidine groups is 1. The molecule has 10 nitrogen and oxygen atoms in total. The number of Topliss-reactive ketones (excluding diaryl/α,β-unsaturated/α-hetero) is 1. The number of nitrogens with two attached hydrogens (primary N) is 1. The summed E-state index contributed by atoms with van der Waals surface area (Å²) in [5.41, 5.74) is 6.24. The maximum absolute atomic E-state index is 13.8. The van der Waals surface area contributed by atoms with Crippen molar-refractivity contribution >= 4 is 30.7 Å². The summed E-state index contributed by atoms with van der Waals surface area (Å²) in [6.07, 6.45) is 4.64. The van der Waals surface area contributed by atoms with Crippen molar-refractivity contribution in [2.24, 2.45) is 33.9 Å². The number of carbonyl (C=O) groups is 3. The van der Waals surface area contributed by atoms with E-state index in [9.17, 15) is 14.4 Å². The average Bonchev–Trinajstić information content (AvgIpc) is 3.35. The van der Waals surface area contributed by atoms with Gasteiger partial charge in [-0.3, -0.25) is 19.4 Å². The van der Waals surface area contributed by atoms with Crippen molar-refractivity contribution in [2.75, 3.05) is 13.6 Å². The fraction of sp³-hybridized carbons (Fsp3) is 0.697. The van der Waals surface area contributed by atoms with E-state index < -0.39 is 13.2 Å². The molecule has 6 atom stereocenters. The average molecular weight is 610 g/mol. The molecule has 4 fully saturated rings. The number of nitrogens with one attached hydrogen (secondary N) is 3. The Morgan fingerprint density at radius 2 is 1.80 bits per heavy atom. The molecule has 2 amide bonds. The lowest BCUT2D eigenvalue weighted by Gasteiger charge is -2.64. The molecule has 1 saturated heterocycles. The van der Waals surface area contributed by atoms with E-state index in [2.05, 4.69) is 55.6 Å². The molecule has 1 heterocycles. The molecule has 2 bridgehead atoms. The third kappa shape index (κ3) is 7.83. The number of hydrogen-bond donors (Lipinski definition) is 4. The van der Waals surface area contributed by atoms with Crippen LogP contribution in [0, 0.1) is 23.2 Å². The highest BCUT2D eigenvalue weighted by Crippen LogP contribution is 2.65. The first kappa shape index (κ1) is 34.0. The van der Waals surface area contributed by atoms with Crippen LogP contribution in [0.15, 0.2) is 35.3 Å². The van der Waals surface area contributed by atoms with Crippen LogP contribution in [0.25, 0.3) is 0 Å². The number of amides is 2. The van der Waals surface area contributed by atoms with Crippen LogP contribution in [-0.4, -0.2) is 68.0 Å². The zero-order valence-electron chi connectivity index (χ0n) is 27.4. The first-order valence-corrected chi connectivity index (χ1v) is 16.3. The Bertz CT molecular complexity index is 1190. The highest BCUT2D eigenvalue weighted by atomic mass is 16.7. The third-order valence-corrected chi connectivity index (χ3v) is 10.1. The van der Waals surface area contributed by atoms with Gasteiger partial charge in [0.15, 0.2) is 11.7 Å². The number of rotatable bonds is 15. The molecule has 11 heteroatoms. The highest BCUT2D eigenvalue weighted by molar-refractivity contribution is 6.48. The highest BCUT2D eigenvalue weighted by Gasteiger charge is 2.68. The van der Waals surface area contributed by atoms with Crippen LogP contribution in [0.4, 0.5) is 0 Å². The van der Waals surface area contributed by atoms with Crippen LogP contribution in [-0.2, 0) is 18.9 Å². The van der Waals surface area contributed by atoms with E-state index in [0.29, 0.717) is 61.5 Å². The second-order valence-electron chi connectivity index (χ2n) is 14.0. The fourth-order valence-corrected chi connectivity index (χ4v) is 7.42. The van der Waals surface area contributed by atoms with Crippen LogP contribution in [0.5, 0.6) is 0 Å². The zero-order valence-corrected chi connectivity index (χ0v) is 27.4. The van der Waals surface area contributed by atoms with Crippen molar-refractivity contribution in [1.29, 1.82) is 0 Å². The minimum Gasteiger partial charge on any atom is -0.404 e. The molecule has 0 aromatic heterocycles. The summed E-state index contributed by atoms with van der Waals surface area (Å²) >= 11 is 0. The molecule has 242 valence electrons. The lowest BCUT2D eigenvalue weighted by Crippen LogP contribution is -2.65. The van der Waals surface area contributed by atoms with E-state index in [1.54, 1.807) is 19.2 Å². The maximum atomic E-state index is 13.8. The summed E-state index contributed by atoms with van der Waals surface area (Å²) in [6, 6.07) is 8.30. The van der Waals surface area contributed by atoms with Crippen LogP contribution in [0.2, 0.25) is 0 Å². The molecule has 0 spiro atoms. The fourth-order valence-electron chi connectivity index (χ4n) is 7.42. The van der Waals surface area contributed by atoms with Gasteiger partial charge in [0.1, 0.15) is 6.04 Å². The molecular formula is C33H52BN5O5. The van der Waals surface area contributed by atoms with Crippen LogP contribution >= 0.6 is 0 Å². The lowest BCUT2D eigenvalue weighted by molar-refractivity contribution is -0.199. The van der Waals surface area contributed by atoms with Crippen LogP contribution < -0.4 is 21.7 Å². The van der Waals surface area contributed by atoms with Gasteiger partial charge in [0.2, 0.25) is 11.8 Å². The topological polar surface area (TPSA) is 144 Å². The van der Waals surface area contributed by atoms with Crippen molar-refractivity contribution in [3.63, 3.8) is 0 Å². The van der Waals surface area contributed by atoms with Gasteiger partial charge in [-0.1, -0.05) is 58.0 Å². The smallest absolute Gasteiger partial charge is 0.404 e.